The summed E-state index contributed by atoms with van der Waals surface area (Å²) in [6.07, 6.45) is 5.31. The predicted octanol–water partition coefficient (Wildman–Crippen LogP) is 2.89. The minimum atomic E-state index is 0.127. The first kappa shape index (κ1) is 19.7. The maximum Gasteiger partial charge on any atom is 0.216 e. The lowest BCUT2D eigenvalue weighted by molar-refractivity contribution is 0.397. The third-order valence-electron chi connectivity index (χ3n) is 5.98. The number of ether oxygens (including phenoxy) is 1. The van der Waals surface area contributed by atoms with E-state index in [9.17, 15) is 5.11 Å². The molecule has 2 fully saturated rings. The van der Waals surface area contributed by atoms with Crippen LogP contribution in [0.25, 0.3) is 22.5 Å². The summed E-state index contributed by atoms with van der Waals surface area (Å²) in [4.78, 5) is 10.5. The molecule has 1 saturated carbocycles. The molecule has 8 heteroatoms. The fourth-order valence-electron chi connectivity index (χ4n) is 3.94. The zero-order valence-corrected chi connectivity index (χ0v) is 17.5. The Balaban J connectivity index is 1.28. The number of hydrogen-bond acceptors (Lipinski definition) is 8. The number of methoxy groups -OCH3 is 1. The average Bonchev–Trinajstić information content (AvgIpc) is 3.53. The molecule has 0 radical (unpaired) electrons. The highest BCUT2D eigenvalue weighted by atomic mass is 16.5. The Morgan fingerprint density at radius 3 is 2.71 bits per heavy atom. The predicted molar refractivity (Wildman–Crippen MR) is 118 cm³/mol. The number of rotatable bonds is 7. The highest BCUT2D eigenvalue weighted by Crippen LogP contribution is 2.33. The summed E-state index contributed by atoms with van der Waals surface area (Å²) in [5.41, 5.74) is 2.72. The average molecular weight is 419 g/mol. The van der Waals surface area contributed by atoms with Crippen molar-refractivity contribution in [2.24, 2.45) is 5.92 Å². The van der Waals surface area contributed by atoms with Crippen molar-refractivity contribution in [3.63, 3.8) is 0 Å². The molecule has 2 aliphatic rings. The molecule has 0 unspecified atom stereocenters. The summed E-state index contributed by atoms with van der Waals surface area (Å²) in [5.74, 6) is 2.37. The Morgan fingerprint density at radius 2 is 1.97 bits per heavy atom. The number of nitrogens with zero attached hydrogens (tertiary/aromatic N) is 5. The normalized spacial score (nSPS) is 18.4. The zero-order valence-electron chi connectivity index (χ0n) is 17.5. The van der Waals surface area contributed by atoms with E-state index in [-0.39, 0.29) is 5.75 Å². The Bertz CT molecular complexity index is 1050. The van der Waals surface area contributed by atoms with Crippen LogP contribution in [0.3, 0.4) is 0 Å². The highest BCUT2D eigenvalue weighted by Gasteiger charge is 2.27. The van der Waals surface area contributed by atoms with Gasteiger partial charge in [0.25, 0.3) is 0 Å². The maximum absolute atomic E-state index is 10.6. The molecule has 1 atom stereocenters. The summed E-state index contributed by atoms with van der Waals surface area (Å²) >= 11 is 0. The van der Waals surface area contributed by atoms with E-state index in [0.717, 1.165) is 43.4 Å². The van der Waals surface area contributed by atoms with Gasteiger partial charge in [-0.05, 0) is 56.0 Å². The Kier molecular flexibility index (Phi) is 5.38. The third kappa shape index (κ3) is 4.44. The molecule has 1 aliphatic heterocycles. The molecule has 2 aromatic heterocycles. The standard InChI is InChI=1S/C23H26N6O2/c1-31-23-11-20(25-14-26-23)16-4-5-18(21(30)10-16)19-6-7-22(28-27-19)29-9-8-17(13-29)24-12-15-2-3-15/h4-7,10-11,14-15,17,24,30H,2-3,8-9,12-13H2,1H3/t17-/m0/s1. The molecule has 1 saturated heterocycles. The van der Waals surface area contributed by atoms with Crippen molar-refractivity contribution in [1.82, 2.24) is 25.5 Å². The lowest BCUT2D eigenvalue weighted by Gasteiger charge is -2.17. The molecule has 0 spiro atoms. The Hall–Kier alpha value is -3.26. The highest BCUT2D eigenvalue weighted by molar-refractivity contribution is 5.73. The van der Waals surface area contributed by atoms with Gasteiger partial charge in [-0.15, -0.1) is 10.2 Å². The lowest BCUT2D eigenvalue weighted by Crippen LogP contribution is -2.34. The number of aromatic hydroxyl groups is 1. The van der Waals surface area contributed by atoms with Crippen molar-refractivity contribution in [1.29, 1.82) is 0 Å². The maximum atomic E-state index is 10.6. The molecule has 1 aromatic carbocycles. The van der Waals surface area contributed by atoms with Gasteiger partial charge in [0.2, 0.25) is 5.88 Å². The SMILES string of the molecule is COc1cc(-c2ccc(-c3ccc(N4CC[C@H](NCC5CC5)C4)nn3)c(O)c2)ncn1. The smallest absolute Gasteiger partial charge is 0.216 e. The van der Waals surface area contributed by atoms with E-state index in [1.54, 1.807) is 19.2 Å². The minimum Gasteiger partial charge on any atom is -0.507 e. The van der Waals surface area contributed by atoms with E-state index in [2.05, 4.69) is 30.4 Å². The van der Waals surface area contributed by atoms with Gasteiger partial charge in [-0.1, -0.05) is 6.07 Å². The first-order valence-corrected chi connectivity index (χ1v) is 10.7. The molecule has 0 bridgehead atoms. The number of anilines is 1. The van der Waals surface area contributed by atoms with Gasteiger partial charge >= 0.3 is 0 Å². The van der Waals surface area contributed by atoms with Crippen molar-refractivity contribution >= 4 is 5.82 Å². The van der Waals surface area contributed by atoms with Gasteiger partial charge in [0, 0.05) is 36.3 Å². The quantitative estimate of drug-likeness (QED) is 0.605. The van der Waals surface area contributed by atoms with Gasteiger partial charge < -0.3 is 20.1 Å². The van der Waals surface area contributed by atoms with Crippen LogP contribution in [-0.2, 0) is 0 Å². The summed E-state index contributed by atoms with van der Waals surface area (Å²) in [6.45, 7) is 3.09. The fraction of sp³-hybridized carbons (Fsp3) is 0.391. The van der Waals surface area contributed by atoms with Gasteiger partial charge in [0.1, 0.15) is 12.1 Å². The first-order valence-electron chi connectivity index (χ1n) is 10.7. The van der Waals surface area contributed by atoms with E-state index >= 15 is 0 Å². The Labute approximate surface area is 181 Å². The first-order chi connectivity index (χ1) is 15.2. The second-order valence-corrected chi connectivity index (χ2v) is 8.24. The number of phenols is 1. The third-order valence-corrected chi connectivity index (χ3v) is 5.98. The molecule has 2 N–H and O–H groups in total. The lowest BCUT2D eigenvalue weighted by atomic mass is 10.1. The number of aromatic nitrogens is 4. The van der Waals surface area contributed by atoms with Crippen LogP contribution in [0.2, 0.25) is 0 Å². The summed E-state index contributed by atoms with van der Waals surface area (Å²) in [6, 6.07) is 11.5. The monoisotopic (exact) mass is 418 g/mol. The molecule has 5 rings (SSSR count). The molecular formula is C23H26N6O2. The van der Waals surface area contributed by atoms with Crippen LogP contribution < -0.4 is 15.0 Å². The van der Waals surface area contributed by atoms with Crippen LogP contribution in [0.4, 0.5) is 5.82 Å². The van der Waals surface area contributed by atoms with Gasteiger partial charge in [-0.25, -0.2) is 9.97 Å². The number of phenolic OH excluding ortho intramolecular Hbond substituents is 1. The summed E-state index contributed by atoms with van der Waals surface area (Å²) < 4.78 is 5.15. The largest absolute Gasteiger partial charge is 0.507 e. The van der Waals surface area contributed by atoms with Crippen LogP contribution >= 0.6 is 0 Å². The van der Waals surface area contributed by atoms with Gasteiger partial charge in [0.05, 0.1) is 18.5 Å². The molecule has 1 aliphatic carbocycles. The van der Waals surface area contributed by atoms with Crippen LogP contribution in [0, 0.1) is 5.92 Å². The van der Waals surface area contributed by atoms with Crippen molar-refractivity contribution < 1.29 is 9.84 Å². The second kappa shape index (κ2) is 8.47. The molecule has 3 heterocycles. The zero-order chi connectivity index (χ0) is 21.2. The number of benzene rings is 1. The fourth-order valence-corrected chi connectivity index (χ4v) is 3.94. The second-order valence-electron chi connectivity index (χ2n) is 8.24. The Morgan fingerprint density at radius 1 is 1.06 bits per heavy atom. The van der Waals surface area contributed by atoms with Crippen LogP contribution in [-0.4, -0.2) is 58.1 Å². The van der Waals surface area contributed by atoms with E-state index < -0.39 is 0 Å². The molecule has 160 valence electrons. The van der Waals surface area contributed by atoms with E-state index in [1.165, 1.54) is 19.2 Å². The van der Waals surface area contributed by atoms with Crippen LogP contribution in [0.1, 0.15) is 19.3 Å². The van der Waals surface area contributed by atoms with Gasteiger partial charge in [0.15, 0.2) is 5.82 Å². The van der Waals surface area contributed by atoms with Crippen LogP contribution in [0.5, 0.6) is 11.6 Å². The van der Waals surface area contributed by atoms with E-state index in [1.807, 2.05) is 24.3 Å². The molecular weight excluding hydrogens is 392 g/mol. The van der Waals surface area contributed by atoms with Crippen LogP contribution in [0.15, 0.2) is 42.7 Å². The van der Waals surface area contributed by atoms with Crippen molar-refractivity contribution in [2.45, 2.75) is 25.3 Å². The molecule has 8 nitrogen and oxygen atoms in total. The van der Waals surface area contributed by atoms with E-state index in [0.29, 0.717) is 28.9 Å². The number of hydrogen-bond donors (Lipinski definition) is 2. The topological polar surface area (TPSA) is 96.3 Å². The van der Waals surface area contributed by atoms with E-state index in [4.69, 9.17) is 4.74 Å². The number of nitrogens with one attached hydrogen (secondary N) is 1. The minimum absolute atomic E-state index is 0.127. The van der Waals surface area contributed by atoms with Crippen molar-refractivity contribution in [3.05, 3.63) is 42.7 Å². The molecule has 31 heavy (non-hydrogen) atoms. The van der Waals surface area contributed by atoms with Gasteiger partial charge in [-0.3, -0.25) is 0 Å². The van der Waals surface area contributed by atoms with Crippen molar-refractivity contribution in [3.8, 4) is 34.1 Å². The van der Waals surface area contributed by atoms with Gasteiger partial charge in [-0.2, -0.15) is 0 Å². The molecule has 0 amide bonds. The summed E-state index contributed by atoms with van der Waals surface area (Å²) in [5, 5.41) is 23.1. The molecule has 3 aromatic rings. The van der Waals surface area contributed by atoms with Crippen molar-refractivity contribution in [2.75, 3.05) is 31.6 Å². The summed E-state index contributed by atoms with van der Waals surface area (Å²) in [7, 11) is 1.56.